The first-order chi connectivity index (χ1) is 10.2. The molecular weight excluding hydrogens is 262 g/mol. The van der Waals surface area contributed by atoms with E-state index in [0.29, 0.717) is 5.92 Å². The number of hydrogen-bond donors (Lipinski definition) is 2. The Morgan fingerprint density at radius 1 is 1.38 bits per heavy atom. The number of aryl methyl sites for hydroxylation is 1. The van der Waals surface area contributed by atoms with Gasteiger partial charge >= 0.3 is 0 Å². The Kier molecular flexibility index (Phi) is 4.00. The third-order valence-electron chi connectivity index (χ3n) is 5.07. The Balaban J connectivity index is 1.79. The summed E-state index contributed by atoms with van der Waals surface area (Å²) in [4.78, 5) is 14.5. The summed E-state index contributed by atoms with van der Waals surface area (Å²) in [6, 6.07) is 8.64. The summed E-state index contributed by atoms with van der Waals surface area (Å²) in [5.41, 5.74) is 8.02. The molecule has 1 atom stereocenters. The quantitative estimate of drug-likeness (QED) is 0.858. The van der Waals surface area contributed by atoms with Crippen LogP contribution in [0.5, 0.6) is 0 Å². The summed E-state index contributed by atoms with van der Waals surface area (Å²) in [6.45, 7) is 2.66. The molecule has 1 aliphatic carbocycles. The van der Waals surface area contributed by atoms with Gasteiger partial charge in [-0.1, -0.05) is 24.3 Å². The maximum absolute atomic E-state index is 12.1. The lowest BCUT2D eigenvalue weighted by atomic mass is 9.91. The number of likely N-dealkylation sites (N-methyl/N-ethyl adjacent to an activating group) is 1. The SMILES string of the molecule is CNC(CN1CCCc2ccccc2C1)(C(N)=O)C1CC1. The van der Waals surface area contributed by atoms with Gasteiger partial charge in [-0.2, -0.15) is 0 Å². The highest BCUT2D eigenvalue weighted by atomic mass is 16.1. The first kappa shape index (κ1) is 14.5. The van der Waals surface area contributed by atoms with E-state index in [1.165, 1.54) is 11.1 Å². The molecule has 3 N–H and O–H groups in total. The van der Waals surface area contributed by atoms with Crippen LogP contribution in [0, 0.1) is 5.92 Å². The van der Waals surface area contributed by atoms with Crippen molar-refractivity contribution in [2.75, 3.05) is 20.1 Å². The van der Waals surface area contributed by atoms with E-state index in [1.807, 2.05) is 7.05 Å². The van der Waals surface area contributed by atoms with Crippen LogP contribution in [0.2, 0.25) is 0 Å². The van der Waals surface area contributed by atoms with Crippen LogP contribution >= 0.6 is 0 Å². The lowest BCUT2D eigenvalue weighted by Crippen LogP contribution is -2.62. The molecule has 4 nitrogen and oxygen atoms in total. The van der Waals surface area contributed by atoms with E-state index in [1.54, 1.807) is 0 Å². The van der Waals surface area contributed by atoms with Crippen molar-refractivity contribution in [3.63, 3.8) is 0 Å². The van der Waals surface area contributed by atoms with E-state index < -0.39 is 5.54 Å². The second-order valence-corrected chi connectivity index (χ2v) is 6.44. The number of carbonyl (C=O) groups excluding carboxylic acids is 1. The van der Waals surface area contributed by atoms with Crippen molar-refractivity contribution in [1.82, 2.24) is 10.2 Å². The minimum Gasteiger partial charge on any atom is -0.368 e. The van der Waals surface area contributed by atoms with Crippen LogP contribution in [0.25, 0.3) is 0 Å². The number of nitrogens with two attached hydrogens (primary N) is 1. The fourth-order valence-corrected chi connectivity index (χ4v) is 3.65. The molecule has 1 aromatic carbocycles. The first-order valence-corrected chi connectivity index (χ1v) is 7.93. The molecule has 2 aliphatic rings. The average molecular weight is 287 g/mol. The van der Waals surface area contributed by atoms with Crippen LogP contribution in [0.15, 0.2) is 24.3 Å². The molecule has 1 aliphatic heterocycles. The first-order valence-electron chi connectivity index (χ1n) is 7.93. The van der Waals surface area contributed by atoms with Crippen molar-refractivity contribution < 1.29 is 4.79 Å². The van der Waals surface area contributed by atoms with E-state index in [9.17, 15) is 4.79 Å². The van der Waals surface area contributed by atoms with Crippen molar-refractivity contribution >= 4 is 5.91 Å². The normalized spacial score (nSPS) is 22.1. The Labute approximate surface area is 126 Å². The van der Waals surface area contributed by atoms with Crippen LogP contribution in [-0.4, -0.2) is 36.5 Å². The minimum atomic E-state index is -0.556. The van der Waals surface area contributed by atoms with E-state index in [0.717, 1.165) is 45.3 Å². The molecule has 1 aromatic rings. The van der Waals surface area contributed by atoms with Crippen LogP contribution in [0.1, 0.15) is 30.4 Å². The second kappa shape index (κ2) is 5.78. The maximum Gasteiger partial charge on any atom is 0.239 e. The van der Waals surface area contributed by atoms with Crippen molar-refractivity contribution in [3.05, 3.63) is 35.4 Å². The van der Waals surface area contributed by atoms with E-state index in [4.69, 9.17) is 5.73 Å². The Hall–Kier alpha value is -1.39. The number of primary amides is 1. The zero-order valence-corrected chi connectivity index (χ0v) is 12.8. The molecule has 3 rings (SSSR count). The molecule has 0 bridgehead atoms. The van der Waals surface area contributed by atoms with Gasteiger partial charge in [0.1, 0.15) is 5.54 Å². The molecule has 1 amide bonds. The van der Waals surface area contributed by atoms with Gasteiger partial charge in [0.15, 0.2) is 0 Å². The molecule has 4 heteroatoms. The molecule has 0 spiro atoms. The van der Waals surface area contributed by atoms with Gasteiger partial charge < -0.3 is 11.1 Å². The van der Waals surface area contributed by atoms with Crippen LogP contribution < -0.4 is 11.1 Å². The minimum absolute atomic E-state index is 0.204. The van der Waals surface area contributed by atoms with Gasteiger partial charge in [0.25, 0.3) is 0 Å². The van der Waals surface area contributed by atoms with Crippen molar-refractivity contribution in [2.24, 2.45) is 11.7 Å². The van der Waals surface area contributed by atoms with E-state index in [2.05, 4.69) is 34.5 Å². The number of rotatable bonds is 5. The Morgan fingerprint density at radius 3 is 2.71 bits per heavy atom. The molecule has 21 heavy (non-hydrogen) atoms. The number of fused-ring (bicyclic) bond motifs is 1. The Morgan fingerprint density at radius 2 is 2.10 bits per heavy atom. The Bertz CT molecular complexity index is 527. The van der Waals surface area contributed by atoms with Crippen LogP contribution in [0.3, 0.4) is 0 Å². The summed E-state index contributed by atoms with van der Waals surface area (Å²) >= 11 is 0. The average Bonchev–Trinajstić information content (AvgIpc) is 3.31. The smallest absolute Gasteiger partial charge is 0.239 e. The number of hydrogen-bond acceptors (Lipinski definition) is 3. The summed E-state index contributed by atoms with van der Waals surface area (Å²) in [7, 11) is 1.87. The fraction of sp³-hybridized carbons (Fsp3) is 0.588. The van der Waals surface area contributed by atoms with Crippen LogP contribution in [0.4, 0.5) is 0 Å². The lowest BCUT2D eigenvalue weighted by Gasteiger charge is -2.36. The zero-order valence-electron chi connectivity index (χ0n) is 12.8. The second-order valence-electron chi connectivity index (χ2n) is 6.44. The molecular formula is C17H25N3O. The highest BCUT2D eigenvalue weighted by Crippen LogP contribution is 2.40. The maximum atomic E-state index is 12.1. The third kappa shape index (κ3) is 2.83. The summed E-state index contributed by atoms with van der Waals surface area (Å²) in [5.74, 6) is 0.198. The van der Waals surface area contributed by atoms with Gasteiger partial charge in [0.2, 0.25) is 5.91 Å². The van der Waals surface area contributed by atoms with Crippen LogP contribution in [-0.2, 0) is 17.8 Å². The number of nitrogens with one attached hydrogen (secondary N) is 1. The number of benzene rings is 1. The standard InChI is InChI=1S/C17H25N3O/c1-19-17(16(18)21,15-8-9-15)12-20-10-4-7-13-5-2-3-6-14(13)11-20/h2-3,5-6,15,19H,4,7-12H2,1H3,(H2,18,21). The van der Waals surface area contributed by atoms with E-state index in [-0.39, 0.29) is 5.91 Å². The number of carbonyl (C=O) groups is 1. The molecule has 1 heterocycles. The van der Waals surface area contributed by atoms with Crippen molar-refractivity contribution in [2.45, 2.75) is 37.8 Å². The topological polar surface area (TPSA) is 58.4 Å². The molecule has 1 saturated carbocycles. The van der Waals surface area contributed by atoms with Gasteiger partial charge in [-0.15, -0.1) is 0 Å². The molecule has 0 saturated heterocycles. The van der Waals surface area contributed by atoms with Gasteiger partial charge in [0, 0.05) is 13.1 Å². The third-order valence-corrected chi connectivity index (χ3v) is 5.07. The highest BCUT2D eigenvalue weighted by molar-refractivity contribution is 5.86. The summed E-state index contributed by atoms with van der Waals surface area (Å²) in [5, 5.41) is 3.25. The molecule has 0 radical (unpaired) electrons. The predicted octanol–water partition coefficient (Wildman–Crippen LogP) is 1.29. The molecule has 1 fully saturated rings. The van der Waals surface area contributed by atoms with Gasteiger partial charge in [-0.3, -0.25) is 9.69 Å². The highest BCUT2D eigenvalue weighted by Gasteiger charge is 2.49. The largest absolute Gasteiger partial charge is 0.368 e. The zero-order chi connectivity index (χ0) is 14.9. The van der Waals surface area contributed by atoms with Crippen molar-refractivity contribution in [1.29, 1.82) is 0 Å². The van der Waals surface area contributed by atoms with E-state index >= 15 is 0 Å². The molecule has 1 unspecified atom stereocenters. The van der Waals surface area contributed by atoms with Gasteiger partial charge in [0.05, 0.1) is 0 Å². The molecule has 0 aromatic heterocycles. The number of amides is 1. The number of nitrogens with zero attached hydrogens (tertiary/aromatic N) is 1. The summed E-state index contributed by atoms with van der Waals surface area (Å²) < 4.78 is 0. The summed E-state index contributed by atoms with van der Waals surface area (Å²) in [6.07, 6.45) is 4.47. The lowest BCUT2D eigenvalue weighted by molar-refractivity contribution is -0.126. The molecule has 114 valence electrons. The monoisotopic (exact) mass is 287 g/mol. The fourth-order valence-electron chi connectivity index (χ4n) is 3.65. The van der Waals surface area contributed by atoms with Gasteiger partial charge in [-0.05, 0) is 56.3 Å². The van der Waals surface area contributed by atoms with Crippen molar-refractivity contribution in [3.8, 4) is 0 Å². The predicted molar refractivity (Wildman–Crippen MR) is 83.7 cm³/mol. The van der Waals surface area contributed by atoms with Gasteiger partial charge in [-0.25, -0.2) is 0 Å².